The zero-order valence-corrected chi connectivity index (χ0v) is 11.1. The molecule has 3 N–H and O–H groups in total. The van der Waals surface area contributed by atoms with Crippen LogP contribution in [0, 0.1) is 0 Å². The molecule has 0 amide bonds. The van der Waals surface area contributed by atoms with Gasteiger partial charge in [-0.2, -0.15) is 0 Å². The molecule has 0 fully saturated rings. The predicted molar refractivity (Wildman–Crippen MR) is 73.8 cm³/mol. The van der Waals surface area contributed by atoms with Crippen LogP contribution in [0.5, 0.6) is 0 Å². The van der Waals surface area contributed by atoms with E-state index in [1.165, 1.54) is 0 Å². The van der Waals surface area contributed by atoms with Crippen LogP contribution < -0.4 is 11.1 Å². The molecular weight excluding hydrogens is 228 g/mol. The second-order valence-electron chi connectivity index (χ2n) is 4.21. The molecule has 1 unspecified atom stereocenters. The molecule has 0 aliphatic carbocycles. The number of hydrogen-bond donors (Lipinski definition) is 2. The molecule has 0 radical (unpaired) electrons. The smallest absolute Gasteiger partial charge is 0.179 e. The highest BCUT2D eigenvalue weighted by Crippen LogP contribution is 2.08. The van der Waals surface area contributed by atoms with Crippen LogP contribution in [0.1, 0.15) is 30.6 Å². The minimum atomic E-state index is -0.185. The molecule has 0 saturated heterocycles. The zero-order chi connectivity index (χ0) is 13.4. The first-order valence-electron chi connectivity index (χ1n) is 6.36. The summed E-state index contributed by atoms with van der Waals surface area (Å²) in [5.74, 6) is 0.0893. The van der Waals surface area contributed by atoms with Crippen LogP contribution in [0.2, 0.25) is 0 Å². The van der Waals surface area contributed by atoms with Crippen LogP contribution in [0.25, 0.3) is 0 Å². The fraction of sp³-hybridized carbons (Fsp3) is 0.500. The Kier molecular flexibility index (Phi) is 6.39. The van der Waals surface area contributed by atoms with Crippen LogP contribution in [0.4, 0.5) is 5.69 Å². The number of hydrogen-bond acceptors (Lipinski definition) is 4. The lowest BCUT2D eigenvalue weighted by Crippen LogP contribution is -2.35. The van der Waals surface area contributed by atoms with Crippen molar-refractivity contribution in [3.8, 4) is 0 Å². The summed E-state index contributed by atoms with van der Waals surface area (Å²) >= 11 is 0. The highest BCUT2D eigenvalue weighted by molar-refractivity contribution is 6.00. The highest BCUT2D eigenvalue weighted by Gasteiger charge is 2.13. The molecule has 0 bridgehead atoms. The maximum absolute atomic E-state index is 12.0. The normalized spacial score (nSPS) is 12.3. The number of carbonyl (C=O) groups is 1. The Labute approximate surface area is 109 Å². The van der Waals surface area contributed by atoms with Gasteiger partial charge in [0.15, 0.2) is 5.78 Å². The topological polar surface area (TPSA) is 64.3 Å². The average molecular weight is 250 g/mol. The zero-order valence-electron chi connectivity index (χ0n) is 11.1. The second kappa shape index (κ2) is 7.84. The van der Waals surface area contributed by atoms with Crippen LogP contribution >= 0.6 is 0 Å². The third-order valence-electron chi connectivity index (χ3n) is 2.71. The summed E-state index contributed by atoms with van der Waals surface area (Å²) in [5.41, 5.74) is 6.95. The van der Waals surface area contributed by atoms with E-state index in [0.29, 0.717) is 11.3 Å². The Morgan fingerprint density at radius 1 is 1.39 bits per heavy atom. The van der Waals surface area contributed by atoms with E-state index in [9.17, 15) is 4.79 Å². The maximum Gasteiger partial charge on any atom is 0.179 e. The van der Waals surface area contributed by atoms with Crippen molar-refractivity contribution in [1.82, 2.24) is 5.32 Å². The first-order chi connectivity index (χ1) is 8.65. The molecule has 0 aliphatic rings. The third-order valence-corrected chi connectivity index (χ3v) is 2.71. The summed E-state index contributed by atoms with van der Waals surface area (Å²) in [7, 11) is 0. The van der Waals surface area contributed by atoms with Crippen molar-refractivity contribution in [2.24, 2.45) is 0 Å². The van der Waals surface area contributed by atoms with Gasteiger partial charge >= 0.3 is 0 Å². The maximum atomic E-state index is 12.0. The molecule has 0 spiro atoms. The van der Waals surface area contributed by atoms with E-state index >= 15 is 0 Å². The van der Waals surface area contributed by atoms with Gasteiger partial charge in [0.05, 0.1) is 6.04 Å². The van der Waals surface area contributed by atoms with Crippen molar-refractivity contribution in [3.05, 3.63) is 29.8 Å². The second-order valence-corrected chi connectivity index (χ2v) is 4.21. The fourth-order valence-electron chi connectivity index (χ4n) is 1.63. The molecule has 100 valence electrons. The molecule has 0 aliphatic heterocycles. The lowest BCUT2D eigenvalue weighted by atomic mass is 10.1. The molecule has 4 nitrogen and oxygen atoms in total. The molecule has 1 aromatic carbocycles. The number of ketones is 1. The van der Waals surface area contributed by atoms with Crippen molar-refractivity contribution in [2.45, 2.75) is 26.3 Å². The standard InChI is InChI=1S/C14H22N2O2/c1-3-18-10-4-9-16-11(2)14(17)12-5-7-13(15)8-6-12/h5-8,11,16H,3-4,9-10,15H2,1-2H3. The average Bonchev–Trinajstić information content (AvgIpc) is 2.38. The SMILES string of the molecule is CCOCCCNC(C)C(=O)c1ccc(N)cc1. The third kappa shape index (κ3) is 4.85. The van der Waals surface area contributed by atoms with Gasteiger partial charge in [-0.05, 0) is 51.1 Å². The largest absolute Gasteiger partial charge is 0.399 e. The minimum Gasteiger partial charge on any atom is -0.399 e. The first kappa shape index (κ1) is 14.7. The summed E-state index contributed by atoms with van der Waals surface area (Å²) in [4.78, 5) is 12.0. The summed E-state index contributed by atoms with van der Waals surface area (Å²) in [5, 5.41) is 3.19. The number of benzene rings is 1. The van der Waals surface area contributed by atoms with Crippen LogP contribution in [-0.4, -0.2) is 31.6 Å². The van der Waals surface area contributed by atoms with Crippen molar-refractivity contribution >= 4 is 11.5 Å². The Bertz CT molecular complexity index is 363. The minimum absolute atomic E-state index is 0.0893. The molecule has 1 atom stereocenters. The highest BCUT2D eigenvalue weighted by atomic mass is 16.5. The monoisotopic (exact) mass is 250 g/mol. The van der Waals surface area contributed by atoms with Crippen LogP contribution in [-0.2, 0) is 4.74 Å². The Morgan fingerprint density at radius 2 is 2.06 bits per heavy atom. The van der Waals surface area contributed by atoms with Crippen molar-refractivity contribution in [3.63, 3.8) is 0 Å². The number of nitrogens with one attached hydrogen (secondary N) is 1. The summed E-state index contributed by atoms with van der Waals surface area (Å²) in [6, 6.07) is 6.83. The number of carbonyl (C=O) groups excluding carboxylic acids is 1. The van der Waals surface area contributed by atoms with Gasteiger partial charge in [0.1, 0.15) is 0 Å². The molecule has 0 aromatic heterocycles. The van der Waals surface area contributed by atoms with Gasteiger partial charge in [-0.25, -0.2) is 0 Å². The molecule has 0 heterocycles. The van der Waals surface area contributed by atoms with Gasteiger partial charge < -0.3 is 15.8 Å². The quantitative estimate of drug-likeness (QED) is 0.420. The van der Waals surface area contributed by atoms with Crippen molar-refractivity contribution in [1.29, 1.82) is 0 Å². The van der Waals surface area contributed by atoms with E-state index in [4.69, 9.17) is 10.5 Å². The first-order valence-corrected chi connectivity index (χ1v) is 6.36. The van der Waals surface area contributed by atoms with E-state index in [1.54, 1.807) is 24.3 Å². The number of Topliss-reactive ketones (excluding diaryl/α,β-unsaturated/α-hetero) is 1. The van der Waals surface area contributed by atoms with Gasteiger partial charge in [-0.1, -0.05) is 0 Å². The van der Waals surface area contributed by atoms with E-state index in [0.717, 1.165) is 26.2 Å². The van der Waals surface area contributed by atoms with E-state index < -0.39 is 0 Å². The predicted octanol–water partition coefficient (Wildman–Crippen LogP) is 1.86. The van der Waals surface area contributed by atoms with Gasteiger partial charge in [-0.15, -0.1) is 0 Å². The van der Waals surface area contributed by atoms with Crippen LogP contribution in [0.3, 0.4) is 0 Å². The Balaban J connectivity index is 2.34. The molecule has 0 saturated carbocycles. The molecule has 1 aromatic rings. The van der Waals surface area contributed by atoms with E-state index in [2.05, 4.69) is 5.32 Å². The lowest BCUT2D eigenvalue weighted by Gasteiger charge is -2.12. The number of anilines is 1. The van der Waals surface area contributed by atoms with Gasteiger partial charge in [0.25, 0.3) is 0 Å². The summed E-state index contributed by atoms with van der Waals surface area (Å²) < 4.78 is 5.23. The molecule has 4 heteroatoms. The number of nitrogens with two attached hydrogens (primary N) is 1. The number of rotatable bonds is 8. The summed E-state index contributed by atoms with van der Waals surface area (Å²) in [6.07, 6.45) is 0.910. The number of nitrogen functional groups attached to an aromatic ring is 1. The van der Waals surface area contributed by atoms with Gasteiger partial charge in [0.2, 0.25) is 0 Å². The van der Waals surface area contributed by atoms with Gasteiger partial charge in [0, 0.05) is 24.5 Å². The molecule has 1 rings (SSSR count). The fourth-order valence-corrected chi connectivity index (χ4v) is 1.63. The number of ether oxygens (including phenoxy) is 1. The molecular formula is C14H22N2O2. The van der Waals surface area contributed by atoms with E-state index in [-0.39, 0.29) is 11.8 Å². The van der Waals surface area contributed by atoms with Gasteiger partial charge in [-0.3, -0.25) is 4.79 Å². The summed E-state index contributed by atoms with van der Waals surface area (Å²) in [6.45, 7) is 6.09. The Hall–Kier alpha value is -1.39. The Morgan fingerprint density at radius 3 is 2.67 bits per heavy atom. The van der Waals surface area contributed by atoms with E-state index in [1.807, 2.05) is 13.8 Å². The lowest BCUT2D eigenvalue weighted by molar-refractivity contribution is 0.0946. The molecule has 18 heavy (non-hydrogen) atoms. The van der Waals surface area contributed by atoms with Crippen LogP contribution in [0.15, 0.2) is 24.3 Å². The van der Waals surface area contributed by atoms with Crippen molar-refractivity contribution < 1.29 is 9.53 Å². The van der Waals surface area contributed by atoms with Crippen molar-refractivity contribution in [2.75, 3.05) is 25.5 Å².